The molecular weight excluding hydrogens is 364 g/mol. The van der Waals surface area contributed by atoms with E-state index >= 15 is 0 Å². The molecule has 1 aromatic carbocycles. The summed E-state index contributed by atoms with van der Waals surface area (Å²) < 4.78 is 5.97. The molecule has 1 aliphatic carbocycles. The fraction of sp³-hybridized carbons (Fsp3) is 0.478. The molecule has 2 N–H and O–H groups in total. The van der Waals surface area contributed by atoms with Gasteiger partial charge in [0, 0.05) is 18.8 Å². The maximum Gasteiger partial charge on any atom is 0.243 e. The van der Waals surface area contributed by atoms with Gasteiger partial charge in [-0.15, -0.1) is 0 Å². The summed E-state index contributed by atoms with van der Waals surface area (Å²) in [6, 6.07) is 11.7. The van der Waals surface area contributed by atoms with E-state index in [0.29, 0.717) is 17.7 Å². The number of hydrogen-bond donors (Lipinski definition) is 2. The summed E-state index contributed by atoms with van der Waals surface area (Å²) in [6.45, 7) is 4.56. The van der Waals surface area contributed by atoms with Gasteiger partial charge in [0.05, 0.1) is 24.5 Å². The molecule has 29 heavy (non-hydrogen) atoms. The van der Waals surface area contributed by atoms with E-state index in [2.05, 4.69) is 27.4 Å². The standard InChI is InChI=1S/C23H30N4O2/c1-17-12-13-27(16-17)22-11-8-19(14-25-22)26-23(28)15-24-18-6-9-21(10-7-18)29-20-4-2-3-5-20/h6-11,14,17,20,24H,2-5,12-13,15-16H2,1H3,(H,26,28). The highest BCUT2D eigenvalue weighted by molar-refractivity contribution is 5.93. The van der Waals surface area contributed by atoms with Crippen molar-refractivity contribution in [2.75, 3.05) is 35.2 Å². The Balaban J connectivity index is 1.22. The van der Waals surface area contributed by atoms with Gasteiger partial charge in [-0.2, -0.15) is 0 Å². The second-order valence-corrected chi connectivity index (χ2v) is 8.20. The van der Waals surface area contributed by atoms with Gasteiger partial charge in [-0.25, -0.2) is 4.98 Å². The molecule has 6 heteroatoms. The lowest BCUT2D eigenvalue weighted by Crippen LogP contribution is -2.22. The molecule has 154 valence electrons. The fourth-order valence-electron chi connectivity index (χ4n) is 4.03. The Labute approximate surface area is 172 Å². The zero-order valence-corrected chi connectivity index (χ0v) is 17.1. The number of rotatable bonds is 7. The van der Waals surface area contributed by atoms with Crippen molar-refractivity contribution in [1.82, 2.24) is 4.98 Å². The van der Waals surface area contributed by atoms with Gasteiger partial charge in [0.1, 0.15) is 11.6 Å². The van der Waals surface area contributed by atoms with Crippen molar-refractivity contribution in [2.45, 2.75) is 45.1 Å². The van der Waals surface area contributed by atoms with Crippen molar-refractivity contribution in [3.63, 3.8) is 0 Å². The second-order valence-electron chi connectivity index (χ2n) is 8.20. The van der Waals surface area contributed by atoms with E-state index in [0.717, 1.165) is 43.2 Å². The molecule has 6 nitrogen and oxygen atoms in total. The largest absolute Gasteiger partial charge is 0.490 e. The molecule has 2 heterocycles. The van der Waals surface area contributed by atoms with Gasteiger partial charge in [0.25, 0.3) is 0 Å². The minimum absolute atomic E-state index is 0.0966. The van der Waals surface area contributed by atoms with Crippen molar-refractivity contribution in [3.8, 4) is 5.75 Å². The molecule has 1 saturated heterocycles. The van der Waals surface area contributed by atoms with Crippen molar-refractivity contribution in [3.05, 3.63) is 42.6 Å². The average molecular weight is 395 g/mol. The first-order valence-electron chi connectivity index (χ1n) is 10.7. The van der Waals surface area contributed by atoms with E-state index in [1.807, 2.05) is 36.4 Å². The SMILES string of the molecule is CC1CCN(c2ccc(NC(=O)CNc3ccc(OC4CCCC4)cc3)cn2)C1. The molecular formula is C23H30N4O2. The van der Waals surface area contributed by atoms with E-state index in [1.165, 1.54) is 19.3 Å². The number of aromatic nitrogens is 1. The molecule has 2 fully saturated rings. The zero-order chi connectivity index (χ0) is 20.1. The van der Waals surface area contributed by atoms with Crippen LogP contribution in [0.3, 0.4) is 0 Å². The highest BCUT2D eigenvalue weighted by atomic mass is 16.5. The topological polar surface area (TPSA) is 66.5 Å². The third-order valence-electron chi connectivity index (χ3n) is 5.69. The third kappa shape index (κ3) is 5.40. The Morgan fingerprint density at radius 3 is 2.52 bits per heavy atom. The van der Waals surface area contributed by atoms with Gasteiger partial charge in [-0.05, 0) is 74.4 Å². The highest BCUT2D eigenvalue weighted by Crippen LogP contribution is 2.25. The molecule has 2 aliphatic rings. The number of nitrogens with zero attached hydrogens (tertiary/aromatic N) is 2. The molecule has 1 amide bonds. The van der Waals surface area contributed by atoms with Gasteiger partial charge in [0.2, 0.25) is 5.91 Å². The van der Waals surface area contributed by atoms with Gasteiger partial charge in [0.15, 0.2) is 0 Å². The van der Waals surface area contributed by atoms with Gasteiger partial charge < -0.3 is 20.3 Å². The van der Waals surface area contributed by atoms with Crippen LogP contribution < -0.4 is 20.3 Å². The van der Waals surface area contributed by atoms with Gasteiger partial charge >= 0.3 is 0 Å². The van der Waals surface area contributed by atoms with Crippen LogP contribution in [-0.2, 0) is 4.79 Å². The predicted octanol–water partition coefficient (Wildman–Crippen LogP) is 4.30. The summed E-state index contributed by atoms with van der Waals surface area (Å²) >= 11 is 0. The summed E-state index contributed by atoms with van der Waals surface area (Å²) in [5.41, 5.74) is 1.61. The summed E-state index contributed by atoms with van der Waals surface area (Å²) in [5, 5.41) is 6.04. The molecule has 4 rings (SSSR count). The smallest absolute Gasteiger partial charge is 0.243 e. The molecule has 0 bridgehead atoms. The first-order valence-corrected chi connectivity index (χ1v) is 10.7. The number of pyridine rings is 1. The predicted molar refractivity (Wildman–Crippen MR) is 117 cm³/mol. The van der Waals surface area contributed by atoms with Crippen molar-refractivity contribution in [2.24, 2.45) is 5.92 Å². The number of carbonyl (C=O) groups is 1. The number of hydrogen-bond acceptors (Lipinski definition) is 5. The first-order chi connectivity index (χ1) is 14.2. The lowest BCUT2D eigenvalue weighted by Gasteiger charge is -2.17. The van der Waals surface area contributed by atoms with Crippen LogP contribution in [0.2, 0.25) is 0 Å². The van der Waals surface area contributed by atoms with E-state index < -0.39 is 0 Å². The Bertz CT molecular complexity index is 801. The number of benzene rings is 1. The Kier molecular flexibility index (Phi) is 6.17. The van der Waals surface area contributed by atoms with Gasteiger partial charge in [-0.3, -0.25) is 4.79 Å². The third-order valence-corrected chi connectivity index (χ3v) is 5.69. The second kappa shape index (κ2) is 9.16. The minimum Gasteiger partial charge on any atom is -0.490 e. The fourth-order valence-corrected chi connectivity index (χ4v) is 4.03. The molecule has 0 radical (unpaired) electrons. The van der Waals surface area contributed by atoms with Crippen LogP contribution in [0.4, 0.5) is 17.2 Å². The Morgan fingerprint density at radius 2 is 1.86 bits per heavy atom. The normalized spacial score (nSPS) is 19.3. The number of ether oxygens (including phenoxy) is 1. The molecule has 0 spiro atoms. The van der Waals surface area contributed by atoms with Crippen LogP contribution >= 0.6 is 0 Å². The van der Waals surface area contributed by atoms with Crippen LogP contribution in [0, 0.1) is 5.92 Å². The van der Waals surface area contributed by atoms with Crippen LogP contribution in [0.15, 0.2) is 42.6 Å². The molecule has 1 atom stereocenters. The van der Waals surface area contributed by atoms with E-state index in [-0.39, 0.29) is 12.5 Å². The summed E-state index contributed by atoms with van der Waals surface area (Å²) in [7, 11) is 0. The lowest BCUT2D eigenvalue weighted by atomic mass is 10.2. The zero-order valence-electron chi connectivity index (χ0n) is 17.1. The number of anilines is 3. The lowest BCUT2D eigenvalue weighted by molar-refractivity contribution is -0.114. The minimum atomic E-state index is -0.0966. The summed E-state index contributed by atoms with van der Waals surface area (Å²) in [4.78, 5) is 19.0. The number of amides is 1. The Morgan fingerprint density at radius 1 is 1.10 bits per heavy atom. The van der Waals surface area contributed by atoms with E-state index in [1.54, 1.807) is 6.20 Å². The highest BCUT2D eigenvalue weighted by Gasteiger charge is 2.19. The van der Waals surface area contributed by atoms with E-state index in [9.17, 15) is 4.79 Å². The number of carbonyl (C=O) groups excluding carboxylic acids is 1. The first kappa shape index (κ1) is 19.6. The number of nitrogens with one attached hydrogen (secondary N) is 2. The molecule has 1 aromatic heterocycles. The molecule has 2 aromatic rings. The summed E-state index contributed by atoms with van der Waals surface area (Å²) in [5.74, 6) is 2.49. The maximum absolute atomic E-state index is 12.2. The van der Waals surface area contributed by atoms with Crippen LogP contribution in [0.1, 0.15) is 39.0 Å². The Hall–Kier alpha value is -2.76. The van der Waals surface area contributed by atoms with Crippen molar-refractivity contribution in [1.29, 1.82) is 0 Å². The van der Waals surface area contributed by atoms with Crippen LogP contribution in [0.25, 0.3) is 0 Å². The van der Waals surface area contributed by atoms with Gasteiger partial charge in [-0.1, -0.05) is 6.92 Å². The van der Waals surface area contributed by atoms with Crippen molar-refractivity contribution < 1.29 is 9.53 Å². The monoisotopic (exact) mass is 394 g/mol. The molecule has 1 unspecified atom stereocenters. The molecule has 1 saturated carbocycles. The maximum atomic E-state index is 12.2. The quantitative estimate of drug-likeness (QED) is 0.733. The summed E-state index contributed by atoms with van der Waals surface area (Å²) in [6.07, 6.45) is 8.10. The average Bonchev–Trinajstić information content (AvgIpc) is 3.40. The van der Waals surface area contributed by atoms with Crippen molar-refractivity contribution >= 4 is 23.1 Å². The van der Waals surface area contributed by atoms with Crippen LogP contribution in [-0.4, -0.2) is 36.6 Å². The van der Waals surface area contributed by atoms with E-state index in [4.69, 9.17) is 4.74 Å². The van der Waals surface area contributed by atoms with Crippen LogP contribution in [0.5, 0.6) is 5.75 Å². The molecule has 1 aliphatic heterocycles.